The molecule has 1 N–H and O–H groups in total. The Morgan fingerprint density at radius 2 is 1.69 bits per heavy atom. The molecule has 0 bridgehead atoms. The van der Waals surface area contributed by atoms with Gasteiger partial charge in [0.25, 0.3) is 0 Å². The highest BCUT2D eigenvalue weighted by Gasteiger charge is 2.41. The van der Waals surface area contributed by atoms with Gasteiger partial charge in [-0.25, -0.2) is 0 Å². The molecule has 6 nitrogen and oxygen atoms in total. The molecule has 2 aromatic carbocycles. The van der Waals surface area contributed by atoms with Crippen molar-refractivity contribution < 1.29 is 14.3 Å². The zero-order chi connectivity index (χ0) is 22.5. The number of nitrogens with zero attached hydrogens (tertiary/aromatic N) is 2. The van der Waals surface area contributed by atoms with Crippen LogP contribution in [0.3, 0.4) is 0 Å². The van der Waals surface area contributed by atoms with Crippen LogP contribution >= 0.6 is 0 Å². The van der Waals surface area contributed by atoms with E-state index in [4.69, 9.17) is 9.47 Å². The van der Waals surface area contributed by atoms with Crippen LogP contribution in [0.2, 0.25) is 0 Å². The van der Waals surface area contributed by atoms with Crippen LogP contribution in [0.15, 0.2) is 48.5 Å². The van der Waals surface area contributed by atoms with Gasteiger partial charge in [-0.15, -0.1) is 0 Å². The number of carbonyl (C=O) groups is 1. The van der Waals surface area contributed by atoms with Crippen LogP contribution in [0.25, 0.3) is 0 Å². The fourth-order valence-corrected chi connectivity index (χ4v) is 5.06. The van der Waals surface area contributed by atoms with E-state index in [1.54, 1.807) is 14.2 Å². The number of methoxy groups -OCH3 is 2. The molecule has 1 aliphatic heterocycles. The molecule has 0 radical (unpaired) electrons. The summed E-state index contributed by atoms with van der Waals surface area (Å²) in [4.78, 5) is 17.9. The molecule has 2 aromatic rings. The van der Waals surface area contributed by atoms with E-state index in [2.05, 4.69) is 40.4 Å². The van der Waals surface area contributed by atoms with Crippen molar-refractivity contribution in [3.05, 3.63) is 59.7 Å². The maximum absolute atomic E-state index is 13.6. The van der Waals surface area contributed by atoms with E-state index in [0.29, 0.717) is 5.91 Å². The predicted molar refractivity (Wildman–Crippen MR) is 126 cm³/mol. The average molecular weight is 438 g/mol. The van der Waals surface area contributed by atoms with Crippen molar-refractivity contribution in [1.29, 1.82) is 0 Å². The molecular weight excluding hydrogens is 402 g/mol. The highest BCUT2D eigenvalue weighted by atomic mass is 16.5. The number of rotatable bonds is 7. The Morgan fingerprint density at radius 1 is 0.969 bits per heavy atom. The van der Waals surface area contributed by atoms with E-state index in [1.807, 2.05) is 30.3 Å². The predicted octanol–water partition coefficient (Wildman–Crippen LogP) is 3.13. The van der Waals surface area contributed by atoms with Crippen molar-refractivity contribution in [2.45, 2.75) is 31.3 Å². The van der Waals surface area contributed by atoms with E-state index in [1.165, 1.54) is 5.56 Å². The van der Waals surface area contributed by atoms with Gasteiger partial charge in [-0.2, -0.15) is 0 Å². The van der Waals surface area contributed by atoms with Crippen molar-refractivity contribution in [2.24, 2.45) is 5.92 Å². The van der Waals surface area contributed by atoms with E-state index in [0.717, 1.165) is 62.6 Å². The third-order valence-electron chi connectivity index (χ3n) is 7.01. The van der Waals surface area contributed by atoms with Gasteiger partial charge in [0.2, 0.25) is 5.91 Å². The Hall–Kier alpha value is -2.57. The molecule has 2 aliphatic rings. The Bertz CT molecular complexity index is 893. The Balaban J connectivity index is 1.49. The third kappa shape index (κ3) is 5.08. The number of hydrogen-bond acceptors (Lipinski definition) is 5. The summed E-state index contributed by atoms with van der Waals surface area (Å²) in [5, 5.41) is 3.71. The minimum atomic E-state index is 0.00182. The van der Waals surface area contributed by atoms with Gasteiger partial charge in [-0.3, -0.25) is 4.79 Å². The van der Waals surface area contributed by atoms with E-state index in [-0.39, 0.29) is 17.9 Å². The number of benzene rings is 2. The van der Waals surface area contributed by atoms with E-state index < -0.39 is 0 Å². The minimum Gasteiger partial charge on any atom is -0.497 e. The summed E-state index contributed by atoms with van der Waals surface area (Å²) < 4.78 is 10.8. The summed E-state index contributed by atoms with van der Waals surface area (Å²) in [6.07, 6.45) is 1.81. The topological polar surface area (TPSA) is 54.0 Å². The second-order valence-electron chi connectivity index (χ2n) is 8.98. The number of ether oxygens (including phenoxy) is 2. The lowest BCUT2D eigenvalue weighted by atomic mass is 9.87. The summed E-state index contributed by atoms with van der Waals surface area (Å²) >= 11 is 0. The first-order valence-corrected chi connectivity index (χ1v) is 11.6. The molecule has 4 rings (SSSR count). The van der Waals surface area contributed by atoms with Crippen LogP contribution in [-0.2, 0) is 11.3 Å². The minimum absolute atomic E-state index is 0.00182. The van der Waals surface area contributed by atoms with Gasteiger partial charge < -0.3 is 24.6 Å². The normalized spacial score (nSPS) is 23.8. The summed E-state index contributed by atoms with van der Waals surface area (Å²) in [5.74, 6) is 2.26. The number of para-hydroxylation sites is 1. The quantitative estimate of drug-likeness (QED) is 0.721. The Morgan fingerprint density at radius 3 is 2.38 bits per heavy atom. The van der Waals surface area contributed by atoms with Gasteiger partial charge in [-0.1, -0.05) is 30.3 Å². The lowest BCUT2D eigenvalue weighted by molar-refractivity contribution is -0.137. The maximum atomic E-state index is 13.6. The molecule has 0 spiro atoms. The fourth-order valence-electron chi connectivity index (χ4n) is 5.06. The van der Waals surface area contributed by atoms with Crippen LogP contribution in [0, 0.1) is 5.92 Å². The van der Waals surface area contributed by atoms with Crippen molar-refractivity contribution in [1.82, 2.24) is 15.1 Å². The molecule has 0 unspecified atom stereocenters. The zero-order valence-corrected chi connectivity index (χ0v) is 19.4. The van der Waals surface area contributed by atoms with Crippen LogP contribution in [0.4, 0.5) is 0 Å². The standard InChI is InChI=1S/C26H35N3O3/c1-28-12-14-29(15-13-28)26(30)24-17-21(27-18-20-6-4-5-7-25(20)32-3)16-23(24)19-8-10-22(31-2)11-9-19/h4-11,21,23-24,27H,12-18H2,1-3H3/t21-,23+,24-/m0/s1. The Kier molecular flexibility index (Phi) is 7.33. The second-order valence-corrected chi connectivity index (χ2v) is 8.98. The van der Waals surface area contributed by atoms with Crippen LogP contribution in [0.5, 0.6) is 11.5 Å². The molecule has 1 saturated heterocycles. The molecule has 1 aliphatic carbocycles. The molecule has 3 atom stereocenters. The zero-order valence-electron chi connectivity index (χ0n) is 19.4. The fraction of sp³-hybridized carbons (Fsp3) is 0.500. The average Bonchev–Trinajstić information content (AvgIpc) is 3.27. The lowest BCUT2D eigenvalue weighted by Crippen LogP contribution is -2.49. The first kappa shape index (κ1) is 22.6. The molecule has 6 heteroatoms. The summed E-state index contributed by atoms with van der Waals surface area (Å²) in [7, 11) is 5.51. The Labute approximate surface area is 191 Å². The molecule has 1 saturated carbocycles. The van der Waals surface area contributed by atoms with Gasteiger partial charge in [0.1, 0.15) is 11.5 Å². The number of nitrogens with one attached hydrogen (secondary N) is 1. The molecule has 172 valence electrons. The van der Waals surface area contributed by atoms with Gasteiger partial charge in [0, 0.05) is 50.2 Å². The molecule has 0 aromatic heterocycles. The highest BCUT2D eigenvalue weighted by molar-refractivity contribution is 5.80. The summed E-state index contributed by atoms with van der Waals surface area (Å²) in [6, 6.07) is 16.6. The number of piperazine rings is 1. The number of likely N-dealkylation sites (N-methyl/N-ethyl adjacent to an activating group) is 1. The van der Waals surface area contributed by atoms with Crippen molar-refractivity contribution in [2.75, 3.05) is 47.4 Å². The molecule has 32 heavy (non-hydrogen) atoms. The third-order valence-corrected chi connectivity index (χ3v) is 7.01. The summed E-state index contributed by atoms with van der Waals surface area (Å²) in [6.45, 7) is 4.27. The SMILES string of the molecule is COc1ccc([C@H]2C[C@H](NCc3ccccc3OC)C[C@@H]2C(=O)N2CCN(C)CC2)cc1. The van der Waals surface area contributed by atoms with E-state index >= 15 is 0 Å². The smallest absolute Gasteiger partial charge is 0.226 e. The van der Waals surface area contributed by atoms with E-state index in [9.17, 15) is 4.79 Å². The van der Waals surface area contributed by atoms with Gasteiger partial charge in [0.15, 0.2) is 0 Å². The maximum Gasteiger partial charge on any atom is 0.226 e. The molecule has 1 amide bonds. The first-order valence-electron chi connectivity index (χ1n) is 11.6. The van der Waals surface area contributed by atoms with Crippen LogP contribution < -0.4 is 14.8 Å². The largest absolute Gasteiger partial charge is 0.497 e. The van der Waals surface area contributed by atoms with Gasteiger partial charge in [0.05, 0.1) is 14.2 Å². The first-order chi connectivity index (χ1) is 15.6. The van der Waals surface area contributed by atoms with Crippen molar-refractivity contribution in [3.63, 3.8) is 0 Å². The monoisotopic (exact) mass is 437 g/mol. The second kappa shape index (κ2) is 10.4. The number of carbonyl (C=O) groups excluding carboxylic acids is 1. The summed E-state index contributed by atoms with van der Waals surface area (Å²) in [5.41, 5.74) is 2.37. The molecular formula is C26H35N3O3. The van der Waals surface area contributed by atoms with Crippen LogP contribution in [0.1, 0.15) is 29.9 Å². The number of amides is 1. The lowest BCUT2D eigenvalue weighted by Gasteiger charge is -2.35. The van der Waals surface area contributed by atoms with Crippen LogP contribution in [-0.4, -0.2) is 69.2 Å². The van der Waals surface area contributed by atoms with Gasteiger partial charge >= 0.3 is 0 Å². The molecule has 1 heterocycles. The number of hydrogen-bond donors (Lipinski definition) is 1. The van der Waals surface area contributed by atoms with Crippen molar-refractivity contribution >= 4 is 5.91 Å². The molecule has 2 fully saturated rings. The highest BCUT2D eigenvalue weighted by Crippen LogP contribution is 2.41. The van der Waals surface area contributed by atoms with Gasteiger partial charge in [-0.05, 0) is 49.6 Å². The van der Waals surface area contributed by atoms with Crippen molar-refractivity contribution in [3.8, 4) is 11.5 Å².